The number of hydrogen-bond donors (Lipinski definition) is 2. The van der Waals surface area contributed by atoms with Gasteiger partial charge in [0.1, 0.15) is 29.9 Å². The van der Waals surface area contributed by atoms with Gasteiger partial charge in [0.2, 0.25) is 6.79 Å². The van der Waals surface area contributed by atoms with E-state index in [1.165, 1.54) is 35.1 Å². The zero-order valence-corrected chi connectivity index (χ0v) is 25.9. The van der Waals surface area contributed by atoms with E-state index in [-0.39, 0.29) is 30.6 Å². The molecule has 3 N–H and O–H groups in total. The second-order valence-corrected chi connectivity index (χ2v) is 12.7. The van der Waals surface area contributed by atoms with Crippen LogP contribution in [0.2, 0.25) is 0 Å². The molecule has 0 aliphatic carbocycles. The maximum absolute atomic E-state index is 13.3. The molecule has 4 heterocycles. The summed E-state index contributed by atoms with van der Waals surface area (Å²) in [5.74, 6) is -2.26. The number of thioether (sulfide) groups is 1. The summed E-state index contributed by atoms with van der Waals surface area (Å²) in [6.07, 6.45) is 3.55. The zero-order valence-electron chi connectivity index (χ0n) is 23.4. The topological polar surface area (TPSA) is 175 Å². The molecule has 2 amide bonds. The quantitative estimate of drug-likeness (QED) is 0.103. The number of nitrogens with zero attached hydrogens (tertiary/aromatic N) is 4. The van der Waals surface area contributed by atoms with Crippen LogP contribution in [0.5, 0.6) is 0 Å². The maximum atomic E-state index is 13.3. The first-order valence-electron chi connectivity index (χ1n) is 12.2. The Bertz CT molecular complexity index is 1460. The predicted molar refractivity (Wildman–Crippen MR) is 160 cm³/mol. The van der Waals surface area contributed by atoms with Crippen LogP contribution < -0.4 is 11.1 Å². The molecule has 42 heavy (non-hydrogen) atoms. The predicted octanol–water partition coefficient (Wildman–Crippen LogP) is 1.92. The van der Waals surface area contributed by atoms with Gasteiger partial charge in [0.25, 0.3) is 11.8 Å². The zero-order chi connectivity index (χ0) is 29.9. The second-order valence-electron chi connectivity index (χ2n) is 9.80. The van der Waals surface area contributed by atoms with E-state index in [9.17, 15) is 19.2 Å². The van der Waals surface area contributed by atoms with Crippen LogP contribution in [0.15, 0.2) is 33.4 Å². The third kappa shape index (κ3) is 7.02. The standard InChI is InChI=1S/C25H28N6O7S3.B/c1-12-15(41-10-27-12)7-6-13-8-39-21-17(29-19(32)16(30-36-5)14-9-40-24(26)28-14)20(33)31(21)18(13)22(34)37-11-38-23(35)25(2,3)4;/h6-7,9-10,17,21H,8,11H2,1-5H3,(H2,26,28)(H,29,32);/b7-6-,30-16-;. The van der Waals surface area contributed by atoms with E-state index >= 15 is 0 Å². The van der Waals surface area contributed by atoms with Gasteiger partial charge in [-0.2, -0.15) is 0 Å². The number of oxime groups is 1. The highest BCUT2D eigenvalue weighted by molar-refractivity contribution is 8.00. The number of nitrogens with one attached hydrogen (secondary N) is 1. The van der Waals surface area contributed by atoms with Crippen molar-refractivity contribution >= 4 is 83.5 Å². The molecule has 0 saturated carbocycles. The number of amides is 2. The van der Waals surface area contributed by atoms with Crippen molar-refractivity contribution in [2.75, 3.05) is 25.4 Å². The van der Waals surface area contributed by atoms with Crippen molar-refractivity contribution in [3.05, 3.63) is 44.5 Å². The molecule has 3 radical (unpaired) electrons. The molecule has 2 aromatic rings. The number of nitrogen functional groups attached to an aromatic ring is 1. The minimum atomic E-state index is -0.957. The molecule has 0 aromatic carbocycles. The van der Waals surface area contributed by atoms with Gasteiger partial charge in [0.15, 0.2) is 10.8 Å². The van der Waals surface area contributed by atoms with Crippen LogP contribution in [0.4, 0.5) is 5.13 Å². The van der Waals surface area contributed by atoms with Crippen molar-refractivity contribution < 1.29 is 33.5 Å². The van der Waals surface area contributed by atoms with E-state index in [1.54, 1.807) is 37.7 Å². The Morgan fingerprint density at radius 1 is 1.24 bits per heavy atom. The summed E-state index contributed by atoms with van der Waals surface area (Å²) in [7, 11) is 1.28. The van der Waals surface area contributed by atoms with Crippen LogP contribution in [-0.4, -0.2) is 83.8 Å². The molecule has 17 heteroatoms. The number of aromatic nitrogens is 2. The van der Waals surface area contributed by atoms with Crippen molar-refractivity contribution in [1.29, 1.82) is 0 Å². The summed E-state index contributed by atoms with van der Waals surface area (Å²) < 4.78 is 10.3. The van der Waals surface area contributed by atoms with Crippen LogP contribution in [0.25, 0.3) is 6.08 Å². The molecular formula is C25H28BN6O7S3. The number of nitrogens with two attached hydrogens (primary N) is 1. The Hall–Kier alpha value is -3.70. The van der Waals surface area contributed by atoms with Gasteiger partial charge in [0, 0.05) is 24.4 Å². The van der Waals surface area contributed by atoms with Crippen molar-refractivity contribution in [2.24, 2.45) is 10.6 Å². The van der Waals surface area contributed by atoms with E-state index < -0.39 is 47.4 Å². The monoisotopic (exact) mass is 631 g/mol. The molecule has 2 aliphatic heterocycles. The molecule has 1 saturated heterocycles. The summed E-state index contributed by atoms with van der Waals surface area (Å²) in [5.41, 5.74) is 8.03. The molecule has 1 fully saturated rings. The first kappa shape index (κ1) is 32.8. The van der Waals surface area contributed by atoms with Crippen molar-refractivity contribution in [1.82, 2.24) is 20.2 Å². The minimum Gasteiger partial charge on any atom is -0.427 e. The van der Waals surface area contributed by atoms with Gasteiger partial charge in [-0.1, -0.05) is 11.2 Å². The fourth-order valence-electron chi connectivity index (χ4n) is 3.73. The number of fused-ring (bicyclic) bond motifs is 1. The highest BCUT2D eigenvalue weighted by Crippen LogP contribution is 2.41. The Balaban J connectivity index is 0.00000484. The number of β-lactam (4-membered cyclic amide) rings is 1. The molecule has 2 unspecified atom stereocenters. The number of aryl methyl sites for hydroxylation is 1. The molecule has 2 aliphatic rings. The number of carbonyl (C=O) groups excluding carboxylic acids is 4. The molecule has 0 spiro atoms. The number of anilines is 1. The third-order valence-corrected chi connectivity index (χ3v) is 8.72. The Morgan fingerprint density at radius 3 is 2.57 bits per heavy atom. The Labute approximate surface area is 256 Å². The number of rotatable bonds is 9. The maximum Gasteiger partial charge on any atom is 0.358 e. The number of thiazole rings is 2. The average molecular weight is 632 g/mol. The molecule has 4 rings (SSSR count). The molecule has 2 atom stereocenters. The summed E-state index contributed by atoms with van der Waals surface area (Å²) in [6, 6.07) is -0.957. The van der Waals surface area contributed by atoms with Gasteiger partial charge < -0.3 is 25.4 Å². The van der Waals surface area contributed by atoms with Crippen LogP contribution in [0.3, 0.4) is 0 Å². The normalized spacial score (nSPS) is 18.6. The fraction of sp³-hybridized carbons (Fsp3) is 0.400. The number of carbonyl (C=O) groups is 4. The van der Waals surface area contributed by atoms with Gasteiger partial charge in [-0.3, -0.25) is 19.3 Å². The van der Waals surface area contributed by atoms with E-state index in [0.717, 1.165) is 21.9 Å². The van der Waals surface area contributed by atoms with Gasteiger partial charge in [-0.25, -0.2) is 14.8 Å². The first-order chi connectivity index (χ1) is 19.4. The molecule has 0 bridgehead atoms. The van der Waals surface area contributed by atoms with Crippen molar-refractivity contribution in [3.63, 3.8) is 0 Å². The lowest BCUT2D eigenvalue weighted by Crippen LogP contribution is -2.71. The molecule has 2 aromatic heterocycles. The summed E-state index contributed by atoms with van der Waals surface area (Å²) in [5, 5.41) is 7.59. The largest absolute Gasteiger partial charge is 0.427 e. The number of ether oxygens (including phenoxy) is 2. The lowest BCUT2D eigenvalue weighted by Gasteiger charge is -2.49. The SMILES string of the molecule is CO/N=C(\C(=O)NC1C(=O)N2C(C(=O)OCOC(=O)C(C)(C)C)=C(/C=C\c3scnc3C)CSC12)c1csc(N)n1.[B]. The minimum absolute atomic E-state index is 0. The van der Waals surface area contributed by atoms with Gasteiger partial charge in [-0.05, 0) is 39.3 Å². The number of allylic oxidation sites excluding steroid dienone is 1. The number of esters is 2. The van der Waals surface area contributed by atoms with Gasteiger partial charge >= 0.3 is 11.9 Å². The lowest BCUT2D eigenvalue weighted by molar-refractivity contribution is -0.173. The highest BCUT2D eigenvalue weighted by Gasteiger charge is 2.54. The van der Waals surface area contributed by atoms with Crippen LogP contribution in [-0.2, 0) is 33.5 Å². The van der Waals surface area contributed by atoms with Gasteiger partial charge in [-0.15, -0.1) is 34.4 Å². The average Bonchev–Trinajstić information content (AvgIpc) is 3.54. The first-order valence-corrected chi connectivity index (χ1v) is 15.0. The summed E-state index contributed by atoms with van der Waals surface area (Å²) in [4.78, 5) is 67.0. The lowest BCUT2D eigenvalue weighted by atomic mass is 9.98. The van der Waals surface area contributed by atoms with Crippen LogP contribution in [0.1, 0.15) is 37.0 Å². The second kappa shape index (κ2) is 13.5. The molecule has 221 valence electrons. The van der Waals surface area contributed by atoms with E-state index in [0.29, 0.717) is 11.3 Å². The Kier molecular flexibility index (Phi) is 10.6. The summed E-state index contributed by atoms with van der Waals surface area (Å²) in [6.45, 7) is 6.27. The van der Waals surface area contributed by atoms with Crippen molar-refractivity contribution in [2.45, 2.75) is 39.1 Å². The van der Waals surface area contributed by atoms with Crippen LogP contribution in [0, 0.1) is 12.3 Å². The Morgan fingerprint density at radius 2 is 1.98 bits per heavy atom. The molecule has 13 nitrogen and oxygen atoms in total. The van der Waals surface area contributed by atoms with E-state index in [2.05, 4.69) is 20.4 Å². The van der Waals surface area contributed by atoms with Gasteiger partial charge in [0.05, 0.1) is 16.6 Å². The van der Waals surface area contributed by atoms with E-state index in [4.69, 9.17) is 20.0 Å². The van der Waals surface area contributed by atoms with E-state index in [1.807, 2.05) is 13.0 Å². The summed E-state index contributed by atoms with van der Waals surface area (Å²) >= 11 is 3.92. The smallest absolute Gasteiger partial charge is 0.358 e. The van der Waals surface area contributed by atoms with Crippen LogP contribution >= 0.6 is 34.4 Å². The highest BCUT2D eigenvalue weighted by atomic mass is 32.2. The molecular weight excluding hydrogens is 603 g/mol. The number of hydrogen-bond acceptors (Lipinski definition) is 14. The fourth-order valence-corrected chi connectivity index (χ4v) is 6.29. The van der Waals surface area contributed by atoms with Crippen molar-refractivity contribution in [3.8, 4) is 0 Å². The third-order valence-electron chi connectivity index (χ3n) is 5.85.